The smallest absolute Gasteiger partial charge is 0.359 e. The zero-order valence-corrected chi connectivity index (χ0v) is 12.3. The number of methoxy groups -OCH3 is 1. The summed E-state index contributed by atoms with van der Waals surface area (Å²) in [6.45, 7) is 1.98. The summed E-state index contributed by atoms with van der Waals surface area (Å²) >= 11 is 4.69. The van der Waals surface area contributed by atoms with Gasteiger partial charge in [0.15, 0.2) is 5.69 Å². The number of esters is 1. The maximum absolute atomic E-state index is 11.5. The highest BCUT2D eigenvalue weighted by Crippen LogP contribution is 2.33. The van der Waals surface area contributed by atoms with Crippen LogP contribution in [-0.4, -0.2) is 18.1 Å². The van der Waals surface area contributed by atoms with Crippen LogP contribution in [0.4, 0.5) is 5.00 Å². The summed E-state index contributed by atoms with van der Waals surface area (Å²) in [5, 5.41) is 1.09. The molecule has 2 rings (SSSR count). The normalized spacial score (nSPS) is 10.4. The van der Waals surface area contributed by atoms with E-state index in [0.29, 0.717) is 10.0 Å². The predicted molar refractivity (Wildman–Crippen MR) is 75.7 cm³/mol. The minimum absolute atomic E-state index is 0.178. The zero-order valence-electron chi connectivity index (χ0n) is 9.86. The third-order valence-corrected chi connectivity index (χ3v) is 3.87. The molecular weight excluding hydrogens is 316 g/mol. The number of halogens is 1. The van der Waals surface area contributed by atoms with Crippen molar-refractivity contribution in [1.29, 1.82) is 0 Å². The molecule has 0 aliphatic carbocycles. The molecule has 0 amide bonds. The summed E-state index contributed by atoms with van der Waals surface area (Å²) < 4.78 is 5.59. The molecule has 0 aliphatic rings. The van der Waals surface area contributed by atoms with E-state index in [0.717, 1.165) is 15.6 Å². The van der Waals surface area contributed by atoms with Crippen molar-refractivity contribution in [1.82, 2.24) is 4.98 Å². The number of aryl methyl sites for hydroxylation is 1. The van der Waals surface area contributed by atoms with Crippen molar-refractivity contribution in [3.8, 4) is 10.6 Å². The first-order valence-corrected chi connectivity index (χ1v) is 6.75. The second-order valence-corrected chi connectivity index (χ2v) is 5.63. The van der Waals surface area contributed by atoms with Crippen LogP contribution in [0.5, 0.6) is 0 Å². The molecule has 1 heterocycles. The van der Waals surface area contributed by atoms with E-state index in [1.54, 1.807) is 0 Å². The third kappa shape index (κ3) is 2.39. The van der Waals surface area contributed by atoms with Crippen LogP contribution in [-0.2, 0) is 4.74 Å². The van der Waals surface area contributed by atoms with E-state index in [1.165, 1.54) is 18.4 Å². The van der Waals surface area contributed by atoms with Gasteiger partial charge in [0, 0.05) is 10.0 Å². The number of ether oxygens (including phenoxy) is 1. The number of nitrogens with zero attached hydrogens (tertiary/aromatic N) is 1. The van der Waals surface area contributed by atoms with Gasteiger partial charge in [-0.3, -0.25) is 0 Å². The van der Waals surface area contributed by atoms with Crippen molar-refractivity contribution in [3.05, 3.63) is 33.9 Å². The lowest BCUT2D eigenvalue weighted by molar-refractivity contribution is 0.0596. The third-order valence-electron chi connectivity index (χ3n) is 2.46. The van der Waals surface area contributed by atoms with Crippen molar-refractivity contribution in [3.63, 3.8) is 0 Å². The molecule has 1 aromatic heterocycles. The number of nitrogen functional groups attached to an aromatic ring is 1. The summed E-state index contributed by atoms with van der Waals surface area (Å²) in [6.07, 6.45) is 0. The Morgan fingerprint density at radius 3 is 2.89 bits per heavy atom. The van der Waals surface area contributed by atoms with Gasteiger partial charge in [-0.25, -0.2) is 9.78 Å². The summed E-state index contributed by atoms with van der Waals surface area (Å²) in [7, 11) is 1.31. The number of aromatic nitrogens is 1. The first-order chi connectivity index (χ1) is 8.52. The van der Waals surface area contributed by atoms with E-state index in [-0.39, 0.29) is 5.69 Å². The number of benzene rings is 1. The predicted octanol–water partition coefficient (Wildman–Crippen LogP) is 3.25. The molecule has 6 heteroatoms. The lowest BCUT2D eigenvalue weighted by Gasteiger charge is -2.02. The molecule has 0 aliphatic heterocycles. The quantitative estimate of drug-likeness (QED) is 0.860. The first-order valence-electron chi connectivity index (χ1n) is 5.14. The number of thiazole rings is 1. The Morgan fingerprint density at radius 1 is 1.50 bits per heavy atom. The summed E-state index contributed by atoms with van der Waals surface area (Å²) in [5.74, 6) is -0.511. The van der Waals surface area contributed by atoms with Gasteiger partial charge in [0.25, 0.3) is 0 Å². The molecule has 0 unspecified atom stereocenters. The maximum Gasteiger partial charge on any atom is 0.359 e. The van der Waals surface area contributed by atoms with Gasteiger partial charge in [-0.15, -0.1) is 0 Å². The fourth-order valence-corrected chi connectivity index (χ4v) is 2.78. The largest absolute Gasteiger partial charge is 0.464 e. The number of anilines is 1. The van der Waals surface area contributed by atoms with E-state index in [9.17, 15) is 4.79 Å². The van der Waals surface area contributed by atoms with Crippen LogP contribution in [0, 0.1) is 6.92 Å². The van der Waals surface area contributed by atoms with Gasteiger partial charge < -0.3 is 10.5 Å². The van der Waals surface area contributed by atoms with E-state index in [2.05, 4.69) is 25.7 Å². The topological polar surface area (TPSA) is 65.2 Å². The van der Waals surface area contributed by atoms with Gasteiger partial charge in [-0.2, -0.15) is 0 Å². The van der Waals surface area contributed by atoms with Crippen LogP contribution < -0.4 is 5.73 Å². The Labute approximate surface area is 117 Å². The molecule has 0 fully saturated rings. The van der Waals surface area contributed by atoms with Gasteiger partial charge in [-0.05, 0) is 24.6 Å². The highest BCUT2D eigenvalue weighted by Gasteiger charge is 2.18. The number of hydrogen-bond acceptors (Lipinski definition) is 5. The second kappa shape index (κ2) is 5.07. The molecule has 18 heavy (non-hydrogen) atoms. The van der Waals surface area contributed by atoms with Gasteiger partial charge in [0.1, 0.15) is 10.0 Å². The Bertz CT molecular complexity index is 610. The monoisotopic (exact) mass is 326 g/mol. The van der Waals surface area contributed by atoms with Crippen molar-refractivity contribution < 1.29 is 9.53 Å². The average Bonchev–Trinajstić information content (AvgIpc) is 2.73. The fourth-order valence-electron chi connectivity index (χ4n) is 1.51. The fraction of sp³-hybridized carbons (Fsp3) is 0.167. The lowest BCUT2D eigenvalue weighted by atomic mass is 10.1. The minimum Gasteiger partial charge on any atom is -0.464 e. The van der Waals surface area contributed by atoms with E-state index < -0.39 is 5.97 Å². The standard InChI is InChI=1S/C12H11BrN2O2S/c1-6-3-4-7(13)5-8(6)11-15-9(10(14)18-11)12(16)17-2/h3-5H,14H2,1-2H3. The molecule has 0 spiro atoms. The van der Waals surface area contributed by atoms with Gasteiger partial charge >= 0.3 is 5.97 Å². The Kier molecular flexibility index (Phi) is 3.68. The molecule has 94 valence electrons. The highest BCUT2D eigenvalue weighted by atomic mass is 79.9. The van der Waals surface area contributed by atoms with Crippen molar-refractivity contribution >= 4 is 38.2 Å². The van der Waals surface area contributed by atoms with Crippen LogP contribution in [0.25, 0.3) is 10.6 Å². The zero-order chi connectivity index (χ0) is 13.3. The summed E-state index contributed by atoms with van der Waals surface area (Å²) in [6, 6.07) is 5.89. The molecule has 0 radical (unpaired) electrons. The number of carbonyl (C=O) groups is 1. The van der Waals surface area contributed by atoms with Gasteiger partial charge in [0.05, 0.1) is 7.11 Å². The molecule has 0 saturated carbocycles. The van der Waals surface area contributed by atoms with Gasteiger partial charge in [0.2, 0.25) is 0 Å². The molecule has 1 aromatic carbocycles. The Morgan fingerprint density at radius 2 is 2.22 bits per heavy atom. The molecule has 4 nitrogen and oxygen atoms in total. The van der Waals surface area contributed by atoms with Crippen molar-refractivity contribution in [2.45, 2.75) is 6.92 Å². The molecule has 0 bridgehead atoms. The number of carbonyl (C=O) groups excluding carboxylic acids is 1. The van der Waals surface area contributed by atoms with Crippen LogP contribution in [0.3, 0.4) is 0 Å². The van der Waals surface area contributed by atoms with Gasteiger partial charge in [-0.1, -0.05) is 33.3 Å². The molecule has 0 saturated heterocycles. The van der Waals surface area contributed by atoms with Crippen molar-refractivity contribution in [2.24, 2.45) is 0 Å². The number of rotatable bonds is 2. The number of nitrogens with two attached hydrogens (primary N) is 1. The molecule has 2 N–H and O–H groups in total. The maximum atomic E-state index is 11.5. The highest BCUT2D eigenvalue weighted by molar-refractivity contribution is 9.10. The first kappa shape index (κ1) is 13.0. The van der Waals surface area contributed by atoms with E-state index in [4.69, 9.17) is 5.73 Å². The lowest BCUT2D eigenvalue weighted by Crippen LogP contribution is -2.04. The minimum atomic E-state index is -0.511. The average molecular weight is 327 g/mol. The second-order valence-electron chi connectivity index (χ2n) is 3.68. The summed E-state index contributed by atoms with van der Waals surface area (Å²) in [4.78, 5) is 15.7. The van der Waals surface area contributed by atoms with Crippen LogP contribution in [0.1, 0.15) is 16.1 Å². The molecule has 0 atom stereocenters. The molecule has 2 aromatic rings. The van der Waals surface area contributed by atoms with E-state index >= 15 is 0 Å². The van der Waals surface area contributed by atoms with Crippen LogP contribution in [0.2, 0.25) is 0 Å². The SMILES string of the molecule is COC(=O)c1nc(-c2cc(Br)ccc2C)sc1N. The van der Waals surface area contributed by atoms with E-state index in [1.807, 2.05) is 25.1 Å². The van der Waals surface area contributed by atoms with Crippen LogP contribution in [0.15, 0.2) is 22.7 Å². The summed E-state index contributed by atoms with van der Waals surface area (Å²) in [5.41, 5.74) is 7.99. The van der Waals surface area contributed by atoms with Crippen LogP contribution >= 0.6 is 27.3 Å². The number of hydrogen-bond donors (Lipinski definition) is 1. The molecular formula is C12H11BrN2O2S. The Hall–Kier alpha value is -1.40. The van der Waals surface area contributed by atoms with Crippen molar-refractivity contribution in [2.75, 3.05) is 12.8 Å². The Balaban J connectivity index is 2.52.